The van der Waals surface area contributed by atoms with Crippen LogP contribution >= 0.6 is 0 Å². The number of hydrogen-bond acceptors (Lipinski definition) is 1. The molecule has 0 fully saturated rings. The standard InChI is InChI=1S/C10H18N2/c1-5-10(4,6-2)12-8-7-11-9(12)3/h7-8H,5-6H2,1-4H3. The van der Waals surface area contributed by atoms with E-state index in [-0.39, 0.29) is 5.54 Å². The molecule has 1 heterocycles. The molecule has 12 heavy (non-hydrogen) atoms. The van der Waals surface area contributed by atoms with Crippen LogP contribution in [-0.2, 0) is 5.54 Å². The Kier molecular flexibility index (Phi) is 2.55. The van der Waals surface area contributed by atoms with Crippen LogP contribution in [0, 0.1) is 6.92 Å². The molecule has 0 aliphatic heterocycles. The molecule has 0 unspecified atom stereocenters. The second-order valence-electron chi connectivity index (χ2n) is 3.55. The van der Waals surface area contributed by atoms with E-state index >= 15 is 0 Å². The molecule has 0 N–H and O–H groups in total. The third kappa shape index (κ3) is 1.38. The van der Waals surface area contributed by atoms with Gasteiger partial charge in [-0.25, -0.2) is 4.98 Å². The van der Waals surface area contributed by atoms with Gasteiger partial charge < -0.3 is 4.57 Å². The number of nitrogens with zero attached hydrogens (tertiary/aromatic N) is 2. The van der Waals surface area contributed by atoms with Crippen LogP contribution < -0.4 is 0 Å². The normalized spacial score (nSPS) is 12.0. The predicted molar refractivity (Wildman–Crippen MR) is 51.2 cm³/mol. The predicted octanol–water partition coefficient (Wildman–Crippen LogP) is 2.73. The van der Waals surface area contributed by atoms with Crippen molar-refractivity contribution < 1.29 is 0 Å². The summed E-state index contributed by atoms with van der Waals surface area (Å²) in [5.74, 6) is 1.11. The molecular weight excluding hydrogens is 148 g/mol. The van der Waals surface area contributed by atoms with Crippen molar-refractivity contribution in [2.45, 2.75) is 46.1 Å². The molecule has 2 heteroatoms. The molecule has 0 aliphatic carbocycles. The van der Waals surface area contributed by atoms with Crippen molar-refractivity contribution in [1.29, 1.82) is 0 Å². The van der Waals surface area contributed by atoms with Crippen LogP contribution in [0.25, 0.3) is 0 Å². The lowest BCUT2D eigenvalue weighted by atomic mass is 9.95. The SMILES string of the molecule is CCC(C)(CC)n1ccnc1C. The third-order valence-corrected chi connectivity index (χ3v) is 2.93. The van der Waals surface area contributed by atoms with E-state index in [2.05, 4.69) is 43.4 Å². The second-order valence-corrected chi connectivity index (χ2v) is 3.55. The van der Waals surface area contributed by atoms with Crippen molar-refractivity contribution in [1.82, 2.24) is 9.55 Å². The quantitative estimate of drug-likeness (QED) is 0.675. The Hall–Kier alpha value is -0.790. The summed E-state index contributed by atoms with van der Waals surface area (Å²) in [7, 11) is 0. The maximum Gasteiger partial charge on any atom is 0.105 e. The van der Waals surface area contributed by atoms with Gasteiger partial charge in [0.2, 0.25) is 0 Å². The van der Waals surface area contributed by atoms with Gasteiger partial charge in [-0.3, -0.25) is 0 Å². The Morgan fingerprint density at radius 3 is 2.33 bits per heavy atom. The van der Waals surface area contributed by atoms with Crippen molar-refractivity contribution in [3.05, 3.63) is 18.2 Å². The van der Waals surface area contributed by atoms with E-state index in [1.54, 1.807) is 0 Å². The second kappa shape index (κ2) is 3.30. The van der Waals surface area contributed by atoms with Gasteiger partial charge in [0.25, 0.3) is 0 Å². The zero-order valence-corrected chi connectivity index (χ0v) is 8.46. The van der Waals surface area contributed by atoms with Gasteiger partial charge in [0.15, 0.2) is 0 Å². The first kappa shape index (κ1) is 9.30. The van der Waals surface area contributed by atoms with E-state index in [1.165, 1.54) is 0 Å². The molecule has 0 amide bonds. The fourth-order valence-electron chi connectivity index (χ4n) is 1.54. The number of aryl methyl sites for hydroxylation is 1. The highest BCUT2D eigenvalue weighted by molar-refractivity contribution is 4.96. The number of aromatic nitrogens is 2. The zero-order valence-electron chi connectivity index (χ0n) is 8.46. The Balaban J connectivity index is 3.02. The van der Waals surface area contributed by atoms with E-state index in [0.29, 0.717) is 0 Å². The zero-order chi connectivity index (χ0) is 9.19. The number of hydrogen-bond donors (Lipinski definition) is 0. The first-order chi connectivity index (χ1) is 5.64. The lowest BCUT2D eigenvalue weighted by Crippen LogP contribution is -2.28. The smallest absolute Gasteiger partial charge is 0.105 e. The summed E-state index contributed by atoms with van der Waals surface area (Å²) in [4.78, 5) is 4.24. The summed E-state index contributed by atoms with van der Waals surface area (Å²) in [5.41, 5.74) is 0.251. The monoisotopic (exact) mass is 166 g/mol. The molecule has 0 saturated heterocycles. The van der Waals surface area contributed by atoms with Gasteiger partial charge in [-0.15, -0.1) is 0 Å². The van der Waals surface area contributed by atoms with Gasteiger partial charge in [0.1, 0.15) is 5.82 Å². The van der Waals surface area contributed by atoms with Crippen molar-refractivity contribution in [2.24, 2.45) is 0 Å². The largest absolute Gasteiger partial charge is 0.329 e. The van der Waals surface area contributed by atoms with Gasteiger partial charge in [-0.05, 0) is 26.7 Å². The summed E-state index contributed by atoms with van der Waals surface area (Å²) < 4.78 is 2.27. The molecular formula is C10H18N2. The lowest BCUT2D eigenvalue weighted by Gasteiger charge is -2.29. The molecule has 1 rings (SSSR count). The molecule has 0 radical (unpaired) electrons. The van der Waals surface area contributed by atoms with Crippen molar-refractivity contribution in [3.8, 4) is 0 Å². The average Bonchev–Trinajstić information content (AvgIpc) is 2.51. The summed E-state index contributed by atoms with van der Waals surface area (Å²) >= 11 is 0. The van der Waals surface area contributed by atoms with E-state index < -0.39 is 0 Å². The lowest BCUT2D eigenvalue weighted by molar-refractivity contribution is 0.288. The average molecular weight is 166 g/mol. The molecule has 0 aromatic carbocycles. The van der Waals surface area contributed by atoms with Gasteiger partial charge in [-0.2, -0.15) is 0 Å². The van der Waals surface area contributed by atoms with Gasteiger partial charge in [0, 0.05) is 17.9 Å². The number of rotatable bonds is 3. The minimum atomic E-state index is 0.251. The Bertz CT molecular complexity index is 246. The molecule has 0 saturated carbocycles. The summed E-state index contributed by atoms with van der Waals surface area (Å²) in [6.07, 6.45) is 6.25. The number of imidazole rings is 1. The minimum Gasteiger partial charge on any atom is -0.329 e. The Labute approximate surface area is 74.6 Å². The van der Waals surface area contributed by atoms with Crippen LogP contribution in [-0.4, -0.2) is 9.55 Å². The fraction of sp³-hybridized carbons (Fsp3) is 0.700. The topological polar surface area (TPSA) is 17.8 Å². The first-order valence-electron chi connectivity index (χ1n) is 4.64. The van der Waals surface area contributed by atoms with Crippen LogP contribution in [0.5, 0.6) is 0 Å². The maximum atomic E-state index is 4.24. The van der Waals surface area contributed by atoms with Gasteiger partial charge in [-0.1, -0.05) is 13.8 Å². The molecule has 0 bridgehead atoms. The first-order valence-corrected chi connectivity index (χ1v) is 4.64. The maximum absolute atomic E-state index is 4.24. The Morgan fingerprint density at radius 1 is 1.42 bits per heavy atom. The molecule has 68 valence electrons. The molecule has 0 spiro atoms. The van der Waals surface area contributed by atoms with E-state index in [1.807, 2.05) is 6.20 Å². The highest BCUT2D eigenvalue weighted by Crippen LogP contribution is 2.25. The van der Waals surface area contributed by atoms with E-state index in [0.717, 1.165) is 18.7 Å². The highest BCUT2D eigenvalue weighted by Gasteiger charge is 2.22. The molecule has 1 aromatic rings. The molecule has 1 aromatic heterocycles. The summed E-state index contributed by atoms with van der Waals surface area (Å²) in [6, 6.07) is 0. The molecule has 0 aliphatic rings. The fourth-order valence-corrected chi connectivity index (χ4v) is 1.54. The highest BCUT2D eigenvalue weighted by atomic mass is 15.1. The van der Waals surface area contributed by atoms with E-state index in [4.69, 9.17) is 0 Å². The van der Waals surface area contributed by atoms with Crippen LogP contribution in [0.2, 0.25) is 0 Å². The summed E-state index contributed by atoms with van der Waals surface area (Å²) in [6.45, 7) is 8.79. The van der Waals surface area contributed by atoms with Crippen LogP contribution in [0.3, 0.4) is 0 Å². The van der Waals surface area contributed by atoms with Gasteiger partial charge >= 0.3 is 0 Å². The molecule has 0 atom stereocenters. The third-order valence-electron chi connectivity index (χ3n) is 2.93. The van der Waals surface area contributed by atoms with Gasteiger partial charge in [0.05, 0.1) is 0 Å². The van der Waals surface area contributed by atoms with Crippen LogP contribution in [0.1, 0.15) is 39.4 Å². The van der Waals surface area contributed by atoms with Crippen molar-refractivity contribution >= 4 is 0 Å². The van der Waals surface area contributed by atoms with E-state index in [9.17, 15) is 0 Å². The van der Waals surface area contributed by atoms with Crippen LogP contribution in [0.4, 0.5) is 0 Å². The van der Waals surface area contributed by atoms with Crippen molar-refractivity contribution in [3.63, 3.8) is 0 Å². The van der Waals surface area contributed by atoms with Crippen molar-refractivity contribution in [2.75, 3.05) is 0 Å². The van der Waals surface area contributed by atoms with Crippen LogP contribution in [0.15, 0.2) is 12.4 Å². The summed E-state index contributed by atoms with van der Waals surface area (Å²) in [5, 5.41) is 0. The molecule has 2 nitrogen and oxygen atoms in total. The minimum absolute atomic E-state index is 0.251. The Morgan fingerprint density at radius 2 is 2.00 bits per heavy atom.